The Morgan fingerprint density at radius 1 is 0.976 bits per heavy atom. The quantitative estimate of drug-likeness (QED) is 0.471. The Balaban J connectivity index is 1.50. The summed E-state index contributed by atoms with van der Waals surface area (Å²) < 4.78 is 11.3. The zero-order valence-corrected chi connectivity index (χ0v) is 24.6. The van der Waals surface area contributed by atoms with Crippen molar-refractivity contribution in [3.8, 4) is 5.75 Å². The summed E-state index contributed by atoms with van der Waals surface area (Å²) in [7, 11) is 1.64. The molecule has 4 rings (SSSR count). The number of ether oxygens (including phenoxy) is 2. The number of benzene rings is 2. The van der Waals surface area contributed by atoms with Crippen molar-refractivity contribution in [3.05, 3.63) is 65.2 Å². The highest BCUT2D eigenvalue weighted by molar-refractivity contribution is 6.01. The summed E-state index contributed by atoms with van der Waals surface area (Å²) in [6.07, 6.45) is -0.335. The second-order valence-electron chi connectivity index (χ2n) is 11.1. The third kappa shape index (κ3) is 8.53. The lowest BCUT2D eigenvalue weighted by molar-refractivity contribution is -0.137. The van der Waals surface area contributed by atoms with E-state index in [0.29, 0.717) is 5.75 Å². The Kier molecular flexibility index (Phi) is 10.9. The van der Waals surface area contributed by atoms with Crippen LogP contribution in [0.2, 0.25) is 0 Å². The molecule has 2 aromatic rings. The maximum absolute atomic E-state index is 13.4. The minimum absolute atomic E-state index is 0.153. The smallest absolute Gasteiger partial charge is 0.255 e. The summed E-state index contributed by atoms with van der Waals surface area (Å²) in [4.78, 5) is 56.8. The molecule has 1 fully saturated rings. The Morgan fingerprint density at radius 2 is 1.71 bits per heavy atom. The van der Waals surface area contributed by atoms with E-state index in [1.807, 2.05) is 38.1 Å². The Morgan fingerprint density at radius 3 is 2.48 bits per heavy atom. The molecule has 4 amide bonds. The van der Waals surface area contributed by atoms with Crippen LogP contribution in [0, 0.1) is 5.92 Å². The van der Waals surface area contributed by atoms with Crippen molar-refractivity contribution in [2.45, 2.75) is 45.4 Å². The van der Waals surface area contributed by atoms with Crippen LogP contribution >= 0.6 is 0 Å². The number of para-hydroxylation sites is 1. The minimum Gasteiger partial charge on any atom is -0.491 e. The standard InChI is InChI=1S/C31H41N5O6/c1-21(2)28-31(40)35(3)11-16-42-26-10-5-4-9-24(26)29(38)33-25(18-27(37)34-28)30(39)32-19-22-7-6-8-23(17-22)20-36-12-14-41-15-13-36/h4-10,17,21,25,28H,11-16,18-20H2,1-3H3,(H,32,39)(H,33,38)(H,34,37)/t25-,28+/m0/s1. The van der Waals surface area contributed by atoms with Gasteiger partial charge in [0.05, 0.1) is 31.7 Å². The predicted molar refractivity (Wildman–Crippen MR) is 157 cm³/mol. The highest BCUT2D eigenvalue weighted by Crippen LogP contribution is 2.19. The molecule has 0 unspecified atom stereocenters. The number of nitrogens with zero attached hydrogens (tertiary/aromatic N) is 2. The fourth-order valence-electron chi connectivity index (χ4n) is 4.96. The number of hydrogen-bond donors (Lipinski definition) is 3. The van der Waals surface area contributed by atoms with E-state index in [2.05, 4.69) is 20.9 Å². The zero-order chi connectivity index (χ0) is 30.1. The Bertz CT molecular complexity index is 1260. The normalized spacial score (nSPS) is 21.0. The molecule has 0 radical (unpaired) electrons. The average Bonchev–Trinajstić information content (AvgIpc) is 2.98. The van der Waals surface area contributed by atoms with Crippen LogP contribution in [0.15, 0.2) is 48.5 Å². The summed E-state index contributed by atoms with van der Waals surface area (Å²) >= 11 is 0. The van der Waals surface area contributed by atoms with Gasteiger partial charge in [0.1, 0.15) is 24.4 Å². The summed E-state index contributed by atoms with van der Waals surface area (Å²) in [6, 6.07) is 12.7. The van der Waals surface area contributed by atoms with Gasteiger partial charge >= 0.3 is 0 Å². The molecular weight excluding hydrogens is 538 g/mol. The van der Waals surface area contributed by atoms with Gasteiger partial charge < -0.3 is 30.3 Å². The topological polar surface area (TPSA) is 129 Å². The molecule has 11 nitrogen and oxygen atoms in total. The van der Waals surface area contributed by atoms with Gasteiger partial charge in [-0.1, -0.05) is 50.2 Å². The van der Waals surface area contributed by atoms with E-state index in [-0.39, 0.29) is 43.5 Å². The molecular formula is C31H41N5O6. The number of carbonyl (C=O) groups excluding carboxylic acids is 4. The Labute approximate surface area is 246 Å². The van der Waals surface area contributed by atoms with Crippen LogP contribution in [0.1, 0.15) is 41.8 Å². The number of nitrogens with one attached hydrogen (secondary N) is 3. The van der Waals surface area contributed by atoms with E-state index in [1.165, 1.54) is 4.90 Å². The molecule has 0 aliphatic carbocycles. The molecule has 0 saturated carbocycles. The molecule has 2 aliphatic rings. The first kappa shape index (κ1) is 31.0. The molecule has 0 aromatic heterocycles. The monoisotopic (exact) mass is 579 g/mol. The van der Waals surface area contributed by atoms with Crippen LogP contribution in [0.25, 0.3) is 0 Å². The lowest BCUT2D eigenvalue weighted by Crippen LogP contribution is -2.54. The van der Waals surface area contributed by atoms with Crippen LogP contribution in [0.5, 0.6) is 5.75 Å². The van der Waals surface area contributed by atoms with E-state index in [4.69, 9.17) is 9.47 Å². The first-order chi connectivity index (χ1) is 20.2. The number of morpholine rings is 1. The molecule has 3 N–H and O–H groups in total. The molecule has 2 atom stereocenters. The minimum atomic E-state index is -1.18. The summed E-state index contributed by atoms with van der Waals surface area (Å²) in [5.41, 5.74) is 2.26. The molecule has 2 heterocycles. The van der Waals surface area contributed by atoms with Crippen LogP contribution in [0.3, 0.4) is 0 Å². The summed E-state index contributed by atoms with van der Waals surface area (Å²) in [5, 5.41) is 8.37. The van der Waals surface area contributed by atoms with Gasteiger partial charge in [-0.3, -0.25) is 24.1 Å². The van der Waals surface area contributed by atoms with Crippen molar-refractivity contribution in [1.82, 2.24) is 25.8 Å². The summed E-state index contributed by atoms with van der Waals surface area (Å²) in [5.74, 6) is -1.67. The van der Waals surface area contributed by atoms with Crippen LogP contribution in [-0.4, -0.2) is 92.0 Å². The molecule has 0 spiro atoms. The highest BCUT2D eigenvalue weighted by Gasteiger charge is 2.31. The fraction of sp³-hybridized carbons (Fsp3) is 0.484. The zero-order valence-electron chi connectivity index (χ0n) is 24.6. The summed E-state index contributed by atoms with van der Waals surface area (Å²) in [6.45, 7) is 8.30. The molecule has 1 saturated heterocycles. The Hall–Kier alpha value is -3.96. The number of likely N-dealkylation sites (N-methyl/N-ethyl adjacent to an activating group) is 1. The number of hydrogen-bond acceptors (Lipinski definition) is 7. The third-order valence-corrected chi connectivity index (χ3v) is 7.42. The number of fused-ring (bicyclic) bond motifs is 1. The number of carbonyl (C=O) groups is 4. The van der Waals surface area contributed by atoms with Crippen molar-refractivity contribution >= 4 is 23.6 Å². The van der Waals surface area contributed by atoms with Crippen LogP contribution in [-0.2, 0) is 32.2 Å². The van der Waals surface area contributed by atoms with Crippen molar-refractivity contribution < 1.29 is 28.7 Å². The van der Waals surface area contributed by atoms with E-state index < -0.39 is 29.8 Å². The molecule has 2 aliphatic heterocycles. The van der Waals surface area contributed by atoms with Crippen LogP contribution in [0.4, 0.5) is 0 Å². The second-order valence-corrected chi connectivity index (χ2v) is 11.1. The van der Waals surface area contributed by atoms with Gasteiger partial charge in [-0.25, -0.2) is 0 Å². The van der Waals surface area contributed by atoms with E-state index in [9.17, 15) is 19.2 Å². The lowest BCUT2D eigenvalue weighted by atomic mass is 10.0. The van der Waals surface area contributed by atoms with Gasteiger partial charge in [-0.2, -0.15) is 0 Å². The second kappa shape index (κ2) is 14.8. The van der Waals surface area contributed by atoms with Crippen molar-refractivity contribution in [3.63, 3.8) is 0 Å². The highest BCUT2D eigenvalue weighted by atomic mass is 16.5. The number of rotatable bonds is 6. The first-order valence-electron chi connectivity index (χ1n) is 14.4. The van der Waals surface area contributed by atoms with Gasteiger partial charge in [-0.15, -0.1) is 0 Å². The molecule has 11 heteroatoms. The van der Waals surface area contributed by atoms with E-state index in [0.717, 1.165) is 44.0 Å². The van der Waals surface area contributed by atoms with Crippen molar-refractivity contribution in [1.29, 1.82) is 0 Å². The largest absolute Gasteiger partial charge is 0.491 e. The van der Waals surface area contributed by atoms with E-state index in [1.54, 1.807) is 31.3 Å². The molecule has 226 valence electrons. The molecule has 2 aromatic carbocycles. The third-order valence-electron chi connectivity index (χ3n) is 7.42. The molecule has 42 heavy (non-hydrogen) atoms. The first-order valence-corrected chi connectivity index (χ1v) is 14.4. The molecule has 0 bridgehead atoms. The van der Waals surface area contributed by atoms with Crippen molar-refractivity contribution in [2.24, 2.45) is 5.92 Å². The fourth-order valence-corrected chi connectivity index (χ4v) is 4.96. The predicted octanol–water partition coefficient (Wildman–Crippen LogP) is 1.32. The SMILES string of the molecule is CC(C)[C@H]1NC(=O)C[C@@H](C(=O)NCc2cccc(CN3CCOCC3)c2)NC(=O)c2ccccc2OCCN(C)C1=O. The van der Waals surface area contributed by atoms with Gasteiger partial charge in [0.25, 0.3) is 5.91 Å². The van der Waals surface area contributed by atoms with Crippen LogP contribution < -0.4 is 20.7 Å². The van der Waals surface area contributed by atoms with E-state index >= 15 is 0 Å². The van der Waals surface area contributed by atoms with Gasteiger partial charge in [0.2, 0.25) is 17.7 Å². The maximum Gasteiger partial charge on any atom is 0.255 e. The van der Waals surface area contributed by atoms with Crippen molar-refractivity contribution in [2.75, 3.05) is 46.5 Å². The average molecular weight is 580 g/mol. The maximum atomic E-state index is 13.4. The van der Waals surface area contributed by atoms with Gasteiger partial charge in [-0.05, 0) is 29.2 Å². The lowest BCUT2D eigenvalue weighted by Gasteiger charge is -2.28. The van der Waals surface area contributed by atoms with Gasteiger partial charge in [0, 0.05) is 33.2 Å². The van der Waals surface area contributed by atoms with Gasteiger partial charge in [0.15, 0.2) is 0 Å². The number of amides is 4.